The van der Waals surface area contributed by atoms with Gasteiger partial charge in [0.25, 0.3) is 5.91 Å². The Bertz CT molecular complexity index is 518. The summed E-state index contributed by atoms with van der Waals surface area (Å²) in [6, 6.07) is 7.65. The van der Waals surface area contributed by atoms with Gasteiger partial charge in [0, 0.05) is 25.8 Å². The number of thiocarbonyl (C=S) groups is 1. The monoisotopic (exact) mass is 292 g/mol. The molecule has 1 aliphatic heterocycles. The van der Waals surface area contributed by atoms with Gasteiger partial charge in [-0.25, -0.2) is 0 Å². The average Bonchev–Trinajstić information content (AvgIpc) is 2.84. The van der Waals surface area contributed by atoms with Crippen LogP contribution in [0.2, 0.25) is 0 Å². The van der Waals surface area contributed by atoms with Gasteiger partial charge >= 0.3 is 0 Å². The summed E-state index contributed by atoms with van der Waals surface area (Å²) in [5.74, 6) is 0.323. The lowest BCUT2D eigenvalue weighted by Crippen LogP contribution is -2.38. The summed E-state index contributed by atoms with van der Waals surface area (Å²) in [4.78, 5) is 14.4. The van der Waals surface area contributed by atoms with Crippen LogP contribution in [0, 0.1) is 5.92 Å². The Morgan fingerprint density at radius 3 is 2.90 bits per heavy atom. The third-order valence-electron chi connectivity index (χ3n) is 3.64. The summed E-state index contributed by atoms with van der Waals surface area (Å²) in [7, 11) is 1.80. The van der Waals surface area contributed by atoms with E-state index in [2.05, 4.69) is 6.92 Å². The van der Waals surface area contributed by atoms with Gasteiger partial charge in [-0.1, -0.05) is 37.3 Å². The SMILES string of the molecule is CC1CCOC1C(=O)N(C)Cc1cccc(C(N)=S)c1. The number of nitrogens with zero attached hydrogens (tertiary/aromatic N) is 1. The lowest BCUT2D eigenvalue weighted by atomic mass is 10.0. The first kappa shape index (κ1) is 14.9. The van der Waals surface area contributed by atoms with Gasteiger partial charge in [-0.15, -0.1) is 0 Å². The molecule has 1 saturated heterocycles. The molecule has 0 aromatic heterocycles. The standard InChI is InChI=1S/C15H20N2O2S/c1-10-6-7-19-13(10)15(18)17(2)9-11-4-3-5-12(8-11)14(16)20/h3-5,8,10,13H,6-7,9H2,1-2H3,(H2,16,20). The minimum atomic E-state index is -0.307. The molecule has 0 spiro atoms. The molecule has 1 aromatic rings. The number of ether oxygens (including phenoxy) is 1. The van der Waals surface area contributed by atoms with Crippen molar-refractivity contribution in [2.24, 2.45) is 11.7 Å². The largest absolute Gasteiger partial charge is 0.389 e. The van der Waals surface area contributed by atoms with Gasteiger partial charge in [0.2, 0.25) is 0 Å². The number of carbonyl (C=O) groups excluding carboxylic acids is 1. The number of benzene rings is 1. The summed E-state index contributed by atoms with van der Waals surface area (Å²) in [6.07, 6.45) is 0.639. The highest BCUT2D eigenvalue weighted by Crippen LogP contribution is 2.22. The van der Waals surface area contributed by atoms with Crippen LogP contribution in [0.25, 0.3) is 0 Å². The van der Waals surface area contributed by atoms with E-state index in [-0.39, 0.29) is 17.9 Å². The second-order valence-corrected chi connectivity index (χ2v) is 5.76. The van der Waals surface area contributed by atoms with E-state index in [0.717, 1.165) is 17.5 Å². The highest BCUT2D eigenvalue weighted by Gasteiger charge is 2.32. The second-order valence-electron chi connectivity index (χ2n) is 5.32. The summed E-state index contributed by atoms with van der Waals surface area (Å²) in [5, 5.41) is 0. The molecule has 1 amide bonds. The maximum absolute atomic E-state index is 12.3. The molecule has 0 saturated carbocycles. The molecule has 4 nitrogen and oxygen atoms in total. The van der Waals surface area contributed by atoms with Gasteiger partial charge in [-0.3, -0.25) is 4.79 Å². The predicted molar refractivity (Wildman–Crippen MR) is 82.3 cm³/mol. The smallest absolute Gasteiger partial charge is 0.252 e. The zero-order chi connectivity index (χ0) is 14.7. The van der Waals surface area contributed by atoms with Crippen LogP contribution in [0.1, 0.15) is 24.5 Å². The molecule has 2 rings (SSSR count). The number of hydrogen-bond donors (Lipinski definition) is 1. The Morgan fingerprint density at radius 1 is 1.55 bits per heavy atom. The number of likely N-dealkylation sites (N-methyl/N-ethyl adjacent to an activating group) is 1. The topological polar surface area (TPSA) is 55.6 Å². The van der Waals surface area contributed by atoms with Crippen LogP contribution in [-0.2, 0) is 16.1 Å². The molecule has 20 heavy (non-hydrogen) atoms. The summed E-state index contributed by atoms with van der Waals surface area (Å²) in [5.41, 5.74) is 7.46. The van der Waals surface area contributed by atoms with E-state index in [1.807, 2.05) is 24.3 Å². The number of carbonyl (C=O) groups is 1. The minimum Gasteiger partial charge on any atom is -0.389 e. The highest BCUT2D eigenvalue weighted by molar-refractivity contribution is 7.80. The molecule has 108 valence electrons. The molecule has 5 heteroatoms. The zero-order valence-electron chi connectivity index (χ0n) is 11.8. The van der Waals surface area contributed by atoms with Gasteiger partial charge in [0.15, 0.2) is 0 Å². The van der Waals surface area contributed by atoms with E-state index in [4.69, 9.17) is 22.7 Å². The fourth-order valence-corrected chi connectivity index (χ4v) is 2.53. The molecule has 2 N–H and O–H groups in total. The van der Waals surface area contributed by atoms with Crippen molar-refractivity contribution in [1.82, 2.24) is 4.90 Å². The van der Waals surface area contributed by atoms with Crippen LogP contribution in [0.4, 0.5) is 0 Å². The van der Waals surface area contributed by atoms with Crippen molar-refractivity contribution >= 4 is 23.1 Å². The van der Waals surface area contributed by atoms with E-state index in [0.29, 0.717) is 18.1 Å². The van der Waals surface area contributed by atoms with Gasteiger partial charge in [0.1, 0.15) is 11.1 Å². The summed E-state index contributed by atoms with van der Waals surface area (Å²) in [6.45, 7) is 3.25. The quantitative estimate of drug-likeness (QED) is 0.858. The lowest BCUT2D eigenvalue weighted by molar-refractivity contribution is -0.141. The normalized spacial score (nSPS) is 21.7. The third-order valence-corrected chi connectivity index (χ3v) is 3.87. The molecule has 1 aliphatic rings. The average molecular weight is 292 g/mol. The van der Waals surface area contributed by atoms with Crippen LogP contribution in [0.5, 0.6) is 0 Å². The summed E-state index contributed by atoms with van der Waals surface area (Å²) >= 11 is 4.97. The molecule has 0 radical (unpaired) electrons. The van der Waals surface area contributed by atoms with Crippen molar-refractivity contribution < 1.29 is 9.53 Å². The number of hydrogen-bond acceptors (Lipinski definition) is 3. The van der Waals surface area contributed by atoms with Crippen molar-refractivity contribution in [2.45, 2.75) is 26.0 Å². The minimum absolute atomic E-state index is 0.0377. The molecular weight excluding hydrogens is 272 g/mol. The highest BCUT2D eigenvalue weighted by atomic mass is 32.1. The van der Waals surface area contributed by atoms with E-state index in [9.17, 15) is 4.79 Å². The predicted octanol–water partition coefficient (Wildman–Crippen LogP) is 1.70. The number of rotatable bonds is 4. The maximum atomic E-state index is 12.3. The number of nitrogens with two attached hydrogens (primary N) is 1. The second kappa shape index (κ2) is 6.33. The molecule has 1 heterocycles. The van der Waals surface area contributed by atoms with Crippen molar-refractivity contribution in [3.63, 3.8) is 0 Å². The van der Waals surface area contributed by atoms with E-state index >= 15 is 0 Å². The van der Waals surface area contributed by atoms with Crippen LogP contribution in [-0.4, -0.2) is 35.6 Å². The molecule has 1 aromatic carbocycles. The first-order valence-corrected chi connectivity index (χ1v) is 7.15. The Labute approximate surface area is 124 Å². The number of amides is 1. The van der Waals surface area contributed by atoms with E-state index < -0.39 is 0 Å². The van der Waals surface area contributed by atoms with Gasteiger partial charge < -0.3 is 15.4 Å². The Morgan fingerprint density at radius 2 is 2.30 bits per heavy atom. The van der Waals surface area contributed by atoms with Crippen molar-refractivity contribution in [3.8, 4) is 0 Å². The fourth-order valence-electron chi connectivity index (χ4n) is 2.40. The first-order chi connectivity index (χ1) is 9.49. The van der Waals surface area contributed by atoms with Crippen LogP contribution in [0.3, 0.4) is 0 Å². The van der Waals surface area contributed by atoms with Crippen LogP contribution >= 0.6 is 12.2 Å². The molecule has 2 unspecified atom stereocenters. The molecule has 1 fully saturated rings. The van der Waals surface area contributed by atoms with Gasteiger partial charge in [0.05, 0.1) is 0 Å². The summed E-state index contributed by atoms with van der Waals surface area (Å²) < 4.78 is 5.52. The maximum Gasteiger partial charge on any atom is 0.252 e. The fraction of sp³-hybridized carbons (Fsp3) is 0.467. The Hall–Kier alpha value is -1.46. The lowest BCUT2D eigenvalue weighted by Gasteiger charge is -2.23. The van der Waals surface area contributed by atoms with Gasteiger partial charge in [-0.2, -0.15) is 0 Å². The molecule has 0 aliphatic carbocycles. The van der Waals surface area contributed by atoms with E-state index in [1.165, 1.54) is 0 Å². The molecular formula is C15H20N2O2S. The Kier molecular flexibility index (Phi) is 4.73. The Balaban J connectivity index is 2.03. The molecule has 0 bridgehead atoms. The molecule has 2 atom stereocenters. The van der Waals surface area contributed by atoms with Crippen molar-refractivity contribution in [1.29, 1.82) is 0 Å². The first-order valence-electron chi connectivity index (χ1n) is 6.74. The van der Waals surface area contributed by atoms with Crippen LogP contribution in [0.15, 0.2) is 24.3 Å². The van der Waals surface area contributed by atoms with Crippen molar-refractivity contribution in [3.05, 3.63) is 35.4 Å². The van der Waals surface area contributed by atoms with Crippen molar-refractivity contribution in [2.75, 3.05) is 13.7 Å². The van der Waals surface area contributed by atoms with E-state index in [1.54, 1.807) is 11.9 Å². The third kappa shape index (κ3) is 3.35. The van der Waals surface area contributed by atoms with Crippen LogP contribution < -0.4 is 5.73 Å². The zero-order valence-corrected chi connectivity index (χ0v) is 12.7. The van der Waals surface area contributed by atoms with Gasteiger partial charge in [-0.05, 0) is 24.0 Å².